The lowest BCUT2D eigenvalue weighted by molar-refractivity contribution is -0.402. The zero-order valence-electron chi connectivity index (χ0n) is 18.5. The van der Waals surface area contributed by atoms with E-state index in [2.05, 4.69) is 15.0 Å². The molecule has 36 heavy (non-hydrogen) atoms. The van der Waals surface area contributed by atoms with Gasteiger partial charge in [-0.1, -0.05) is 12.1 Å². The number of furan rings is 1. The molecule has 3 N–H and O–H groups in total. The van der Waals surface area contributed by atoms with E-state index in [9.17, 15) is 23.9 Å². The summed E-state index contributed by atoms with van der Waals surface area (Å²) in [7, 11) is -3.94. The molecule has 0 aliphatic carbocycles. The van der Waals surface area contributed by atoms with Crippen LogP contribution in [0.5, 0.6) is 0 Å². The summed E-state index contributed by atoms with van der Waals surface area (Å²) in [6, 6.07) is 7.96. The second kappa shape index (κ2) is 10.8. The van der Waals surface area contributed by atoms with Crippen molar-refractivity contribution in [2.75, 3.05) is 18.7 Å². The van der Waals surface area contributed by atoms with Gasteiger partial charge in [-0.2, -0.15) is 4.98 Å². The van der Waals surface area contributed by atoms with Crippen molar-refractivity contribution in [3.8, 4) is 0 Å². The van der Waals surface area contributed by atoms with E-state index in [0.717, 1.165) is 6.07 Å². The topological polar surface area (TPSA) is 191 Å². The van der Waals surface area contributed by atoms with Crippen molar-refractivity contribution in [3.05, 3.63) is 80.3 Å². The number of nitro groups is 1. The Balaban J connectivity index is 1.40. The van der Waals surface area contributed by atoms with Gasteiger partial charge in [-0.15, -0.1) is 0 Å². The maximum Gasteiger partial charge on any atom is 0.433 e. The number of nitrogens with zero attached hydrogens (tertiary/aromatic N) is 4. The van der Waals surface area contributed by atoms with Crippen LogP contribution in [0.2, 0.25) is 0 Å². The number of hydrogen-bond donors (Lipinski definition) is 2. The van der Waals surface area contributed by atoms with Crippen LogP contribution in [0.4, 0.5) is 16.2 Å². The Morgan fingerprint density at radius 3 is 2.81 bits per heavy atom. The van der Waals surface area contributed by atoms with Crippen molar-refractivity contribution in [2.45, 2.75) is 19.8 Å². The SMILES string of the molecule is Nc1nc2c(ncn2CCOCP(=O)(OCc2cccc(F)c2)OCc2ccc([N+](=O)[O-])o2)c(=O)[nH]1. The standard InChI is InChI=1S/C20H20FN6O8P/c21-14-3-1-2-13(8-14)9-33-36(31,34-10-15-4-5-16(35-15)27(29)30)12-32-7-6-26-11-23-17-18(26)24-20(22)25-19(17)28/h1-5,8,11H,6-7,9-10,12H2,(H3,22,24,25,28). The van der Waals surface area contributed by atoms with Crippen molar-refractivity contribution in [2.24, 2.45) is 0 Å². The van der Waals surface area contributed by atoms with Gasteiger partial charge in [-0.3, -0.25) is 29.0 Å². The van der Waals surface area contributed by atoms with E-state index in [-0.39, 0.29) is 42.6 Å². The molecule has 4 rings (SSSR count). The number of aromatic nitrogens is 4. The highest BCUT2D eigenvalue weighted by atomic mass is 31.2. The third kappa shape index (κ3) is 6.20. The summed E-state index contributed by atoms with van der Waals surface area (Å²) in [5, 5.41) is 10.8. The number of nitrogens with two attached hydrogens (primary N) is 1. The van der Waals surface area contributed by atoms with Crippen LogP contribution >= 0.6 is 7.60 Å². The third-order valence-electron chi connectivity index (χ3n) is 4.77. The van der Waals surface area contributed by atoms with Gasteiger partial charge < -0.3 is 24.0 Å². The molecule has 3 heterocycles. The number of aromatic amines is 1. The van der Waals surface area contributed by atoms with E-state index < -0.39 is 42.7 Å². The van der Waals surface area contributed by atoms with Crippen molar-refractivity contribution in [3.63, 3.8) is 0 Å². The first-order valence-electron chi connectivity index (χ1n) is 10.4. The fourth-order valence-electron chi connectivity index (χ4n) is 3.09. The van der Waals surface area contributed by atoms with Gasteiger partial charge in [0.15, 0.2) is 11.2 Å². The molecule has 0 saturated carbocycles. The molecule has 0 aliphatic heterocycles. The average Bonchev–Trinajstić information content (AvgIpc) is 3.47. The minimum atomic E-state index is -3.94. The summed E-state index contributed by atoms with van der Waals surface area (Å²) in [5.74, 6) is -1.01. The zero-order valence-corrected chi connectivity index (χ0v) is 19.4. The molecule has 0 spiro atoms. The van der Waals surface area contributed by atoms with Crippen LogP contribution in [0.25, 0.3) is 11.2 Å². The minimum absolute atomic E-state index is 0.00272. The average molecular weight is 522 g/mol. The maximum absolute atomic E-state index is 13.5. The zero-order chi connectivity index (χ0) is 25.7. The first-order valence-corrected chi connectivity index (χ1v) is 12.1. The highest BCUT2D eigenvalue weighted by Crippen LogP contribution is 2.49. The van der Waals surface area contributed by atoms with Crippen molar-refractivity contribution >= 4 is 30.6 Å². The normalized spacial score (nSPS) is 13.1. The molecule has 4 aromatic rings. The fourth-order valence-corrected chi connectivity index (χ4v) is 4.34. The minimum Gasteiger partial charge on any atom is -0.403 e. The Labute approximate surface area is 201 Å². The monoisotopic (exact) mass is 522 g/mol. The molecular formula is C20H20FN6O8P. The molecule has 3 aromatic heterocycles. The molecule has 190 valence electrons. The second-order valence-corrected chi connectivity index (χ2v) is 9.38. The van der Waals surface area contributed by atoms with Crippen molar-refractivity contribution in [1.82, 2.24) is 19.5 Å². The number of imidazole rings is 1. The van der Waals surface area contributed by atoms with Crippen LogP contribution in [-0.4, -0.2) is 37.4 Å². The first-order chi connectivity index (χ1) is 17.2. The van der Waals surface area contributed by atoms with Gasteiger partial charge in [0.2, 0.25) is 5.95 Å². The Morgan fingerprint density at radius 2 is 2.06 bits per heavy atom. The van der Waals surface area contributed by atoms with Crippen LogP contribution in [0.15, 0.2) is 51.9 Å². The number of H-pyrrole nitrogens is 1. The summed E-state index contributed by atoms with van der Waals surface area (Å²) in [6.45, 7) is -0.450. The maximum atomic E-state index is 13.5. The van der Waals surface area contributed by atoms with Gasteiger partial charge in [0.25, 0.3) is 5.56 Å². The van der Waals surface area contributed by atoms with Gasteiger partial charge in [-0.25, -0.2) is 9.37 Å². The summed E-state index contributed by atoms with van der Waals surface area (Å²) >= 11 is 0. The number of anilines is 1. The molecule has 14 nitrogen and oxygen atoms in total. The van der Waals surface area contributed by atoms with E-state index in [0.29, 0.717) is 5.56 Å². The van der Waals surface area contributed by atoms with Gasteiger partial charge in [0.05, 0.1) is 25.6 Å². The largest absolute Gasteiger partial charge is 0.433 e. The number of halogens is 1. The Kier molecular flexibility index (Phi) is 7.55. The quantitative estimate of drug-likeness (QED) is 0.120. The lowest BCUT2D eigenvalue weighted by atomic mass is 10.2. The van der Waals surface area contributed by atoms with Gasteiger partial charge in [0.1, 0.15) is 29.5 Å². The van der Waals surface area contributed by atoms with Gasteiger partial charge in [0, 0.05) is 6.54 Å². The van der Waals surface area contributed by atoms with Crippen LogP contribution in [0, 0.1) is 15.9 Å². The predicted molar refractivity (Wildman–Crippen MR) is 122 cm³/mol. The molecule has 0 radical (unpaired) electrons. The van der Waals surface area contributed by atoms with E-state index in [1.54, 1.807) is 6.07 Å². The lowest BCUT2D eigenvalue weighted by Gasteiger charge is -2.18. The Bertz CT molecular complexity index is 1480. The molecular weight excluding hydrogens is 502 g/mol. The number of benzene rings is 1. The van der Waals surface area contributed by atoms with Crippen LogP contribution < -0.4 is 11.3 Å². The van der Waals surface area contributed by atoms with Gasteiger partial charge >= 0.3 is 13.5 Å². The third-order valence-corrected chi connectivity index (χ3v) is 6.31. The molecule has 1 unspecified atom stereocenters. The molecule has 16 heteroatoms. The van der Waals surface area contributed by atoms with Crippen LogP contribution in [0.1, 0.15) is 11.3 Å². The summed E-state index contributed by atoms with van der Waals surface area (Å²) < 4.78 is 49.7. The Hall–Kier alpha value is -3.91. The predicted octanol–water partition coefficient (Wildman–Crippen LogP) is 2.94. The molecule has 0 amide bonds. The van der Waals surface area contributed by atoms with Crippen LogP contribution in [-0.2, 0) is 38.1 Å². The first kappa shape index (κ1) is 25.2. The van der Waals surface area contributed by atoms with Crippen molar-refractivity contribution < 1.29 is 32.1 Å². The summed E-state index contributed by atoms with van der Waals surface area (Å²) in [5.41, 5.74) is 5.85. The summed E-state index contributed by atoms with van der Waals surface area (Å²) in [6.07, 6.45) is 0.893. The number of hydrogen-bond acceptors (Lipinski definition) is 11. The van der Waals surface area contributed by atoms with Crippen molar-refractivity contribution in [1.29, 1.82) is 0 Å². The fraction of sp³-hybridized carbons (Fsp3) is 0.250. The second-order valence-electron chi connectivity index (χ2n) is 7.38. The number of nitrogens with one attached hydrogen (secondary N) is 1. The smallest absolute Gasteiger partial charge is 0.403 e. The van der Waals surface area contributed by atoms with E-state index in [4.69, 9.17) is 23.9 Å². The highest BCUT2D eigenvalue weighted by molar-refractivity contribution is 7.53. The van der Waals surface area contributed by atoms with Gasteiger partial charge in [-0.05, 0) is 23.8 Å². The lowest BCUT2D eigenvalue weighted by Crippen LogP contribution is -2.13. The van der Waals surface area contributed by atoms with E-state index in [1.165, 1.54) is 35.2 Å². The molecule has 0 saturated heterocycles. The molecule has 1 aromatic carbocycles. The number of ether oxygens (including phenoxy) is 1. The molecule has 0 bridgehead atoms. The number of rotatable bonds is 12. The van der Waals surface area contributed by atoms with Crippen LogP contribution in [0.3, 0.4) is 0 Å². The Morgan fingerprint density at radius 1 is 1.25 bits per heavy atom. The highest BCUT2D eigenvalue weighted by Gasteiger charge is 2.27. The molecule has 1 atom stereocenters. The van der Waals surface area contributed by atoms with E-state index in [1.807, 2.05) is 0 Å². The number of nitrogen functional groups attached to an aromatic ring is 1. The number of fused-ring (bicyclic) bond motifs is 1. The molecule has 0 aliphatic rings. The molecule has 0 fully saturated rings. The van der Waals surface area contributed by atoms with E-state index >= 15 is 0 Å². The summed E-state index contributed by atoms with van der Waals surface area (Å²) in [4.78, 5) is 32.3.